The molecule has 1 aromatic rings. The molecule has 1 aromatic carbocycles. The highest BCUT2D eigenvalue weighted by molar-refractivity contribution is 5.79. The molecule has 60 valence electrons. The topological polar surface area (TPSA) is 0 Å². The van der Waals surface area contributed by atoms with E-state index < -0.39 is 0 Å². The number of terminal acetylenes is 1. The SMILES string of the molecule is C#CC(=CC)c1ccccc1C. The summed E-state index contributed by atoms with van der Waals surface area (Å²) in [6, 6.07) is 8.13. The van der Waals surface area contributed by atoms with E-state index in [0.29, 0.717) is 0 Å². The van der Waals surface area contributed by atoms with E-state index in [9.17, 15) is 0 Å². The summed E-state index contributed by atoms with van der Waals surface area (Å²) in [5.41, 5.74) is 3.35. The zero-order valence-electron chi connectivity index (χ0n) is 7.46. The fourth-order valence-electron chi connectivity index (χ4n) is 1.19. The molecular formula is C12H12. The van der Waals surface area contributed by atoms with E-state index in [1.165, 1.54) is 5.56 Å². The maximum atomic E-state index is 5.37. The number of aryl methyl sites for hydroxylation is 1. The molecule has 0 aliphatic carbocycles. The van der Waals surface area contributed by atoms with Crippen molar-refractivity contribution in [3.05, 3.63) is 41.5 Å². The Bertz CT molecular complexity index is 337. The van der Waals surface area contributed by atoms with Crippen molar-refractivity contribution in [3.8, 4) is 12.3 Å². The number of benzene rings is 1. The van der Waals surface area contributed by atoms with E-state index in [0.717, 1.165) is 11.1 Å². The van der Waals surface area contributed by atoms with E-state index in [1.54, 1.807) is 0 Å². The Labute approximate surface area is 73.9 Å². The first kappa shape index (κ1) is 8.62. The van der Waals surface area contributed by atoms with Gasteiger partial charge in [-0.2, -0.15) is 0 Å². The van der Waals surface area contributed by atoms with Gasteiger partial charge in [-0.15, -0.1) is 6.42 Å². The Balaban J connectivity index is 3.21. The second-order valence-corrected chi connectivity index (χ2v) is 2.66. The van der Waals surface area contributed by atoms with Crippen molar-refractivity contribution in [3.63, 3.8) is 0 Å². The van der Waals surface area contributed by atoms with Crippen LogP contribution in [0.1, 0.15) is 18.1 Å². The van der Waals surface area contributed by atoms with Gasteiger partial charge in [0.05, 0.1) is 0 Å². The van der Waals surface area contributed by atoms with Crippen LogP contribution in [-0.4, -0.2) is 0 Å². The molecule has 0 aromatic heterocycles. The first-order chi connectivity index (χ1) is 5.79. The van der Waals surface area contributed by atoms with Gasteiger partial charge in [-0.25, -0.2) is 0 Å². The van der Waals surface area contributed by atoms with Gasteiger partial charge in [0.1, 0.15) is 0 Å². The van der Waals surface area contributed by atoms with Crippen LogP contribution < -0.4 is 0 Å². The molecule has 0 bridgehead atoms. The van der Waals surface area contributed by atoms with Crippen LogP contribution in [-0.2, 0) is 0 Å². The summed E-state index contributed by atoms with van der Waals surface area (Å²) in [6.45, 7) is 4.03. The first-order valence-electron chi connectivity index (χ1n) is 3.98. The average Bonchev–Trinajstić information content (AvgIpc) is 2.10. The number of allylic oxidation sites excluding steroid dienone is 2. The van der Waals surface area contributed by atoms with Crippen molar-refractivity contribution in [2.45, 2.75) is 13.8 Å². The lowest BCUT2D eigenvalue weighted by Crippen LogP contribution is -1.84. The van der Waals surface area contributed by atoms with Crippen molar-refractivity contribution in [1.82, 2.24) is 0 Å². The van der Waals surface area contributed by atoms with Crippen molar-refractivity contribution in [1.29, 1.82) is 0 Å². The van der Waals surface area contributed by atoms with E-state index in [2.05, 4.69) is 18.9 Å². The third-order valence-electron chi connectivity index (χ3n) is 1.88. The summed E-state index contributed by atoms with van der Waals surface area (Å²) < 4.78 is 0. The van der Waals surface area contributed by atoms with Crippen molar-refractivity contribution >= 4 is 5.57 Å². The maximum Gasteiger partial charge on any atom is 0.0275 e. The highest BCUT2D eigenvalue weighted by Gasteiger charge is 1.98. The molecule has 0 heterocycles. The van der Waals surface area contributed by atoms with Gasteiger partial charge in [-0.05, 0) is 25.0 Å². The van der Waals surface area contributed by atoms with Crippen LogP contribution in [0, 0.1) is 19.3 Å². The van der Waals surface area contributed by atoms with Crippen molar-refractivity contribution in [2.75, 3.05) is 0 Å². The summed E-state index contributed by atoms with van der Waals surface area (Å²) in [4.78, 5) is 0. The lowest BCUT2D eigenvalue weighted by atomic mass is 10.0. The predicted octanol–water partition coefficient (Wildman–Crippen LogP) is 3.03. The minimum atomic E-state index is 0.966. The van der Waals surface area contributed by atoms with Gasteiger partial charge >= 0.3 is 0 Å². The number of hydrogen-bond donors (Lipinski definition) is 0. The molecule has 0 nitrogen and oxygen atoms in total. The molecule has 0 aliphatic rings. The van der Waals surface area contributed by atoms with Gasteiger partial charge in [-0.1, -0.05) is 36.3 Å². The summed E-state index contributed by atoms with van der Waals surface area (Å²) >= 11 is 0. The van der Waals surface area contributed by atoms with E-state index >= 15 is 0 Å². The van der Waals surface area contributed by atoms with Gasteiger partial charge in [0.2, 0.25) is 0 Å². The minimum Gasteiger partial charge on any atom is -0.115 e. The quantitative estimate of drug-likeness (QED) is 0.548. The van der Waals surface area contributed by atoms with E-state index in [4.69, 9.17) is 6.42 Å². The minimum absolute atomic E-state index is 0.966. The molecule has 0 fully saturated rings. The Morgan fingerprint density at radius 3 is 2.58 bits per heavy atom. The molecule has 0 atom stereocenters. The molecule has 0 aliphatic heterocycles. The Morgan fingerprint density at radius 1 is 1.42 bits per heavy atom. The van der Waals surface area contributed by atoms with Crippen LogP contribution in [0.5, 0.6) is 0 Å². The Morgan fingerprint density at radius 2 is 2.08 bits per heavy atom. The molecule has 0 heteroatoms. The van der Waals surface area contributed by atoms with Crippen LogP contribution in [0.3, 0.4) is 0 Å². The molecule has 0 unspecified atom stereocenters. The lowest BCUT2D eigenvalue weighted by molar-refractivity contribution is 1.43. The summed E-state index contributed by atoms with van der Waals surface area (Å²) in [6.07, 6.45) is 7.33. The molecular weight excluding hydrogens is 144 g/mol. The van der Waals surface area contributed by atoms with E-state index in [1.807, 2.05) is 31.2 Å². The summed E-state index contributed by atoms with van der Waals surface area (Å²) in [5.74, 6) is 2.67. The smallest absolute Gasteiger partial charge is 0.0275 e. The first-order valence-corrected chi connectivity index (χ1v) is 3.98. The standard InChI is InChI=1S/C12H12/c1-4-11(5-2)12-9-7-6-8-10(12)3/h1,5-9H,2-3H3. The Hall–Kier alpha value is -1.48. The van der Waals surface area contributed by atoms with Crippen LogP contribution in [0.15, 0.2) is 30.3 Å². The third kappa shape index (κ3) is 1.57. The van der Waals surface area contributed by atoms with Crippen LogP contribution in [0.4, 0.5) is 0 Å². The van der Waals surface area contributed by atoms with Gasteiger partial charge < -0.3 is 0 Å². The van der Waals surface area contributed by atoms with E-state index in [-0.39, 0.29) is 0 Å². The summed E-state index contributed by atoms with van der Waals surface area (Å²) in [5, 5.41) is 0. The molecule has 0 radical (unpaired) electrons. The summed E-state index contributed by atoms with van der Waals surface area (Å²) in [7, 11) is 0. The van der Waals surface area contributed by atoms with Gasteiger partial charge in [0.25, 0.3) is 0 Å². The van der Waals surface area contributed by atoms with Crippen LogP contribution in [0.25, 0.3) is 5.57 Å². The number of hydrogen-bond acceptors (Lipinski definition) is 0. The zero-order chi connectivity index (χ0) is 8.97. The Kier molecular flexibility index (Phi) is 2.71. The largest absolute Gasteiger partial charge is 0.115 e. The second kappa shape index (κ2) is 3.78. The third-order valence-corrected chi connectivity index (χ3v) is 1.88. The molecule has 1 rings (SSSR count). The van der Waals surface area contributed by atoms with Crippen LogP contribution >= 0.6 is 0 Å². The predicted molar refractivity (Wildman–Crippen MR) is 53.7 cm³/mol. The van der Waals surface area contributed by atoms with Gasteiger partial charge in [-0.3, -0.25) is 0 Å². The maximum absolute atomic E-state index is 5.37. The van der Waals surface area contributed by atoms with Crippen molar-refractivity contribution < 1.29 is 0 Å². The highest BCUT2D eigenvalue weighted by Crippen LogP contribution is 2.16. The molecule has 0 spiro atoms. The fraction of sp³-hybridized carbons (Fsp3) is 0.167. The molecule has 0 saturated carbocycles. The van der Waals surface area contributed by atoms with Crippen molar-refractivity contribution in [2.24, 2.45) is 0 Å². The second-order valence-electron chi connectivity index (χ2n) is 2.66. The average molecular weight is 156 g/mol. The lowest BCUT2D eigenvalue weighted by Gasteiger charge is -2.02. The fourth-order valence-corrected chi connectivity index (χ4v) is 1.19. The van der Waals surface area contributed by atoms with Gasteiger partial charge in [0, 0.05) is 5.57 Å². The molecule has 12 heavy (non-hydrogen) atoms. The normalized spacial score (nSPS) is 10.9. The zero-order valence-corrected chi connectivity index (χ0v) is 7.46. The highest BCUT2D eigenvalue weighted by atomic mass is 14.0. The molecule has 0 saturated heterocycles. The molecule has 0 amide bonds. The number of rotatable bonds is 1. The molecule has 0 N–H and O–H groups in total. The monoisotopic (exact) mass is 156 g/mol. The van der Waals surface area contributed by atoms with Gasteiger partial charge in [0.15, 0.2) is 0 Å². The van der Waals surface area contributed by atoms with Crippen LogP contribution in [0.2, 0.25) is 0 Å².